The van der Waals surface area contributed by atoms with Crippen LogP contribution in [0.4, 0.5) is 0 Å². The highest BCUT2D eigenvalue weighted by molar-refractivity contribution is 6.36. The minimum atomic E-state index is 0.487. The first kappa shape index (κ1) is 75.9. The number of hydrogen-bond acceptors (Lipinski definition) is 8. The van der Waals surface area contributed by atoms with Gasteiger partial charge in [-0.15, -0.1) is 0 Å². The minimum absolute atomic E-state index is 0.487. The SMILES string of the molecule is Clc1ccc2oc3c4ccccc4ccc3c2c1-c1nc(-c2ccc(-c3ccccc3)cc2)nc(-c2ccc(-c3ccccc3)cc2)n1.c1ccc(-c2ccc(-c3nc(-c4ccc(-c5ccccc5)cc4)nc(-c4c(-n5c6ccccc6c6cc7ccccc7cc65)ccc5oc6c7ccccc7ccc6c45)n3)cc2)cc1.c1ccc2c(c1)Cc1cc3ccccc3cc1-2. The lowest BCUT2D eigenvalue weighted by molar-refractivity contribution is 0.672. The van der Waals surface area contributed by atoms with E-state index in [-0.39, 0.29) is 0 Å². The van der Waals surface area contributed by atoms with Gasteiger partial charge in [-0.2, -0.15) is 0 Å². The van der Waals surface area contributed by atoms with Gasteiger partial charge < -0.3 is 13.4 Å². The molecule has 604 valence electrons. The summed E-state index contributed by atoms with van der Waals surface area (Å²) in [5.41, 5.74) is 26.3. The number of halogens is 1. The molecule has 25 aromatic rings. The molecule has 9 nitrogen and oxygen atoms in total. The summed E-state index contributed by atoms with van der Waals surface area (Å²) < 4.78 is 15.8. The van der Waals surface area contributed by atoms with E-state index in [0.717, 1.165) is 166 Å². The van der Waals surface area contributed by atoms with Crippen LogP contribution in [0.15, 0.2) is 446 Å². The Morgan fingerprint density at radius 3 is 1.04 bits per heavy atom. The van der Waals surface area contributed by atoms with Crippen LogP contribution in [-0.2, 0) is 6.42 Å². The van der Waals surface area contributed by atoms with E-state index in [1.165, 1.54) is 54.6 Å². The Balaban J connectivity index is 0.000000124. The molecule has 0 bridgehead atoms. The van der Waals surface area contributed by atoms with E-state index in [4.69, 9.17) is 50.3 Å². The number of benzene rings is 20. The number of rotatable bonds is 11. The predicted molar refractivity (Wildman–Crippen MR) is 533 cm³/mol. The fourth-order valence-electron chi connectivity index (χ4n) is 18.8. The van der Waals surface area contributed by atoms with Crippen LogP contribution in [0.25, 0.3) is 238 Å². The molecule has 20 aromatic carbocycles. The van der Waals surface area contributed by atoms with Gasteiger partial charge in [0.05, 0.1) is 27.3 Å². The normalized spacial score (nSPS) is 11.7. The molecular weight excluding hydrogens is 1590 g/mol. The molecule has 0 aliphatic heterocycles. The maximum atomic E-state index is 7.05. The molecule has 0 saturated heterocycles. The van der Waals surface area contributed by atoms with Gasteiger partial charge in [-0.05, 0) is 166 Å². The van der Waals surface area contributed by atoms with Gasteiger partial charge in [0.15, 0.2) is 34.9 Å². The first-order valence-electron chi connectivity index (χ1n) is 43.4. The van der Waals surface area contributed by atoms with Crippen molar-refractivity contribution in [2.75, 3.05) is 0 Å². The second-order valence-corrected chi connectivity index (χ2v) is 33.2. The standard InChI is InChI=1S/C59H36N4O.C43H26ClN3O.C17H12/c1-3-13-37(14-4-1)39-23-27-42(28-24-39)57-60-58(43-29-25-40(26-30-43)38-15-5-2-6-16-38)62-59(61-57)55-51(33-34-53-54(55)48-32-31-41-17-9-10-20-46(41)56(48)64-53)63-50-22-12-11-21-47(50)49-35-44-18-7-8-19-45(44)36-52(49)63;44-36-25-26-37-38(35-24-23-31-13-7-8-14-34(31)40(35)48-37)39(36)43-46-41(32-19-15-29(16-20-32)27-9-3-1-4-10-27)45-42(47-43)33-21-17-30(18-22-33)28-11-5-2-6-12-28;1-2-6-13-11-17-15(9-12(13)5-1)10-14-7-3-4-8-16(14)17/h1-36H;1-26H;1-9,11H,10H2. The third kappa shape index (κ3) is 13.9. The molecule has 0 spiro atoms. The van der Waals surface area contributed by atoms with Gasteiger partial charge in [-0.3, -0.25) is 0 Å². The van der Waals surface area contributed by atoms with Crippen LogP contribution in [0.1, 0.15) is 11.1 Å². The topological polar surface area (TPSA) is 109 Å². The Hall–Kier alpha value is -16.9. The maximum Gasteiger partial charge on any atom is 0.166 e. The van der Waals surface area contributed by atoms with Crippen molar-refractivity contribution in [3.63, 3.8) is 0 Å². The average molecular weight is 1670 g/mol. The quantitative estimate of drug-likeness (QED) is 0.126. The Morgan fingerprint density at radius 2 is 0.566 bits per heavy atom. The molecule has 5 heterocycles. The van der Waals surface area contributed by atoms with E-state index in [0.29, 0.717) is 40.0 Å². The van der Waals surface area contributed by atoms with Gasteiger partial charge in [0, 0.05) is 70.9 Å². The van der Waals surface area contributed by atoms with Crippen LogP contribution in [0.5, 0.6) is 0 Å². The van der Waals surface area contributed by atoms with Gasteiger partial charge in [0.1, 0.15) is 22.3 Å². The van der Waals surface area contributed by atoms with Crippen LogP contribution >= 0.6 is 11.6 Å². The lowest BCUT2D eigenvalue weighted by Crippen LogP contribution is -2.04. The Labute approximate surface area is 747 Å². The highest BCUT2D eigenvalue weighted by Gasteiger charge is 2.28. The molecule has 5 aromatic heterocycles. The largest absolute Gasteiger partial charge is 0.455 e. The summed E-state index contributed by atoms with van der Waals surface area (Å²) in [6.45, 7) is 0. The first-order valence-corrected chi connectivity index (χ1v) is 43.8. The van der Waals surface area contributed by atoms with E-state index in [9.17, 15) is 0 Å². The molecule has 1 aliphatic carbocycles. The number of furan rings is 2. The molecule has 0 radical (unpaired) electrons. The molecule has 0 N–H and O–H groups in total. The zero-order chi connectivity index (χ0) is 85.4. The summed E-state index contributed by atoms with van der Waals surface area (Å²) >= 11 is 7.05. The second-order valence-electron chi connectivity index (χ2n) is 32.8. The number of nitrogens with zero attached hydrogens (tertiary/aromatic N) is 7. The van der Waals surface area contributed by atoms with Gasteiger partial charge in [-0.1, -0.05) is 388 Å². The number of hydrogen-bond donors (Lipinski definition) is 0. The Morgan fingerprint density at radius 1 is 0.217 bits per heavy atom. The van der Waals surface area contributed by atoms with Crippen molar-refractivity contribution in [2.45, 2.75) is 6.42 Å². The fourth-order valence-corrected chi connectivity index (χ4v) is 19.0. The highest BCUT2D eigenvalue weighted by Crippen LogP contribution is 2.48. The maximum absolute atomic E-state index is 7.05. The third-order valence-corrected chi connectivity index (χ3v) is 25.5. The lowest BCUT2D eigenvalue weighted by atomic mass is 10.00. The summed E-state index contributed by atoms with van der Waals surface area (Å²) in [7, 11) is 0. The summed E-state index contributed by atoms with van der Waals surface area (Å²) in [6, 6.07) is 152. The van der Waals surface area contributed by atoms with Crippen LogP contribution in [-0.4, -0.2) is 34.5 Å². The minimum Gasteiger partial charge on any atom is -0.455 e. The molecule has 26 rings (SSSR count). The summed E-state index contributed by atoms with van der Waals surface area (Å²) in [4.78, 5) is 31.4. The molecule has 0 unspecified atom stereocenters. The second kappa shape index (κ2) is 32.0. The van der Waals surface area contributed by atoms with Crippen LogP contribution < -0.4 is 0 Å². The van der Waals surface area contributed by atoms with E-state index < -0.39 is 0 Å². The monoisotopic (exact) mass is 1670 g/mol. The highest BCUT2D eigenvalue weighted by atomic mass is 35.5. The van der Waals surface area contributed by atoms with Crippen LogP contribution in [0.2, 0.25) is 5.02 Å². The van der Waals surface area contributed by atoms with Gasteiger partial charge in [-0.25, -0.2) is 29.9 Å². The summed E-state index contributed by atoms with van der Waals surface area (Å²) in [6.07, 6.45) is 1.08. The molecule has 0 amide bonds. The molecule has 10 heteroatoms. The smallest absolute Gasteiger partial charge is 0.166 e. The zero-order valence-electron chi connectivity index (χ0n) is 69.6. The first-order chi connectivity index (χ1) is 63.8. The summed E-state index contributed by atoms with van der Waals surface area (Å²) in [5, 5.41) is 16.1. The van der Waals surface area contributed by atoms with Crippen molar-refractivity contribution in [2.24, 2.45) is 0 Å². The Kier molecular flexibility index (Phi) is 18.8. The van der Waals surface area contributed by atoms with Crippen molar-refractivity contribution < 1.29 is 8.83 Å². The predicted octanol–water partition coefficient (Wildman–Crippen LogP) is 31.8. The van der Waals surface area contributed by atoms with Crippen molar-refractivity contribution in [1.82, 2.24) is 34.5 Å². The molecule has 0 fully saturated rings. The average Bonchev–Trinajstić information content (AvgIpc) is 1.64. The molecule has 1 aliphatic rings. The van der Waals surface area contributed by atoms with Crippen molar-refractivity contribution in [3.05, 3.63) is 453 Å². The van der Waals surface area contributed by atoms with E-state index in [1.54, 1.807) is 0 Å². The molecule has 0 atom stereocenters. The van der Waals surface area contributed by atoms with E-state index in [2.05, 4.69) is 369 Å². The lowest BCUT2D eigenvalue weighted by Gasteiger charge is -2.16. The number of para-hydroxylation sites is 1. The Bertz CT molecular complexity index is 8480. The van der Waals surface area contributed by atoms with Crippen molar-refractivity contribution in [1.29, 1.82) is 0 Å². The van der Waals surface area contributed by atoms with Gasteiger partial charge in [0.25, 0.3) is 0 Å². The number of aromatic nitrogens is 7. The summed E-state index contributed by atoms with van der Waals surface area (Å²) in [5.74, 6) is 3.34. The van der Waals surface area contributed by atoms with Crippen molar-refractivity contribution >= 4 is 120 Å². The van der Waals surface area contributed by atoms with Crippen molar-refractivity contribution in [3.8, 4) is 130 Å². The molecule has 129 heavy (non-hydrogen) atoms. The van der Waals surface area contributed by atoms with E-state index in [1.807, 2.05) is 72.8 Å². The van der Waals surface area contributed by atoms with Crippen LogP contribution in [0.3, 0.4) is 0 Å². The third-order valence-electron chi connectivity index (χ3n) is 25.1. The number of fused-ring (bicyclic) bond motifs is 18. The van der Waals surface area contributed by atoms with Crippen LogP contribution in [0, 0.1) is 0 Å². The van der Waals surface area contributed by atoms with E-state index >= 15 is 0 Å². The van der Waals surface area contributed by atoms with Gasteiger partial charge in [0.2, 0.25) is 0 Å². The molecular formula is C119H74ClN7O2. The fraction of sp³-hybridized carbons (Fsp3) is 0.00840. The zero-order valence-corrected chi connectivity index (χ0v) is 70.4. The molecule has 0 saturated carbocycles. The van der Waals surface area contributed by atoms with Gasteiger partial charge >= 0.3 is 0 Å².